The zero-order chi connectivity index (χ0) is 16.5. The number of H-pyrrole nitrogens is 1. The van der Waals surface area contributed by atoms with Gasteiger partial charge in [-0.3, -0.25) is 4.79 Å². The molecule has 0 fully saturated rings. The molecule has 0 aliphatic heterocycles. The van der Waals surface area contributed by atoms with Crippen LogP contribution < -0.4 is 5.56 Å². The first-order valence-electron chi connectivity index (χ1n) is 7.52. The highest BCUT2D eigenvalue weighted by atomic mass is 32.1. The monoisotopic (exact) mass is 350 g/mol. The molecule has 1 aromatic carbocycles. The molecule has 0 bridgehead atoms. The Labute approximate surface area is 147 Å². The van der Waals surface area contributed by atoms with Crippen molar-refractivity contribution in [1.29, 1.82) is 0 Å². The molecule has 0 spiro atoms. The first kappa shape index (κ1) is 15.1. The minimum Gasteiger partial charge on any atom is -0.306 e. The second-order valence-electron chi connectivity index (χ2n) is 5.43. The van der Waals surface area contributed by atoms with Crippen molar-refractivity contribution in [2.75, 3.05) is 0 Å². The molecular weight excluding hydrogens is 336 g/mol. The van der Waals surface area contributed by atoms with Crippen LogP contribution in [0.1, 0.15) is 15.6 Å². The third-order valence-corrected chi connectivity index (χ3v) is 5.55. The first-order valence-corrected chi connectivity index (χ1v) is 9.22. The van der Waals surface area contributed by atoms with Crippen LogP contribution in [0.25, 0.3) is 33.5 Å². The molecule has 0 atom stereocenters. The Hall–Kier alpha value is -2.50. The van der Waals surface area contributed by atoms with Crippen LogP contribution in [0.3, 0.4) is 0 Å². The lowest BCUT2D eigenvalue weighted by Gasteiger charge is -1.99. The molecular formula is C19H14N2OS2. The molecule has 4 aromatic rings. The van der Waals surface area contributed by atoms with Crippen molar-refractivity contribution < 1.29 is 0 Å². The summed E-state index contributed by atoms with van der Waals surface area (Å²) in [5.74, 6) is 0.583. The van der Waals surface area contributed by atoms with E-state index in [9.17, 15) is 4.79 Å². The van der Waals surface area contributed by atoms with Gasteiger partial charge in [-0.1, -0.05) is 30.3 Å². The Bertz CT molecular complexity index is 1090. The summed E-state index contributed by atoms with van der Waals surface area (Å²) in [6.07, 6.45) is 3.83. The van der Waals surface area contributed by atoms with Gasteiger partial charge in [-0.15, -0.1) is 22.7 Å². The Balaban J connectivity index is 1.77. The molecule has 4 rings (SSSR count). The number of thiophene rings is 2. The third kappa shape index (κ3) is 2.84. The molecule has 1 N–H and O–H groups in total. The molecule has 118 valence electrons. The number of aromatic nitrogens is 2. The third-order valence-electron chi connectivity index (χ3n) is 3.71. The Morgan fingerprint density at radius 3 is 2.67 bits per heavy atom. The molecule has 0 unspecified atom stereocenters. The molecule has 0 saturated carbocycles. The molecule has 0 saturated heterocycles. The zero-order valence-electron chi connectivity index (χ0n) is 12.9. The first-order chi connectivity index (χ1) is 11.7. The van der Waals surface area contributed by atoms with E-state index in [1.54, 1.807) is 11.3 Å². The summed E-state index contributed by atoms with van der Waals surface area (Å²) in [5.41, 5.74) is 1.88. The topological polar surface area (TPSA) is 45.8 Å². The SMILES string of the molecule is Cc1ccc(/C=C/c2nc3scc(-c4ccccc4)c3c(=O)[nH]2)s1. The van der Waals surface area contributed by atoms with E-state index in [-0.39, 0.29) is 5.56 Å². The quantitative estimate of drug-likeness (QED) is 0.552. The number of aromatic amines is 1. The predicted octanol–water partition coefficient (Wildman–Crippen LogP) is 5.19. The summed E-state index contributed by atoms with van der Waals surface area (Å²) in [5, 5.41) is 2.66. The minimum absolute atomic E-state index is 0.0953. The second-order valence-corrected chi connectivity index (χ2v) is 7.61. The molecule has 0 amide bonds. The van der Waals surface area contributed by atoms with Crippen LogP contribution in [0.15, 0.2) is 52.6 Å². The van der Waals surface area contributed by atoms with Crippen LogP contribution in [0, 0.1) is 6.92 Å². The predicted molar refractivity (Wildman–Crippen MR) is 104 cm³/mol. The van der Waals surface area contributed by atoms with Crippen LogP contribution in [0.4, 0.5) is 0 Å². The lowest BCUT2D eigenvalue weighted by molar-refractivity contribution is 1.15. The van der Waals surface area contributed by atoms with E-state index in [2.05, 4.69) is 29.0 Å². The van der Waals surface area contributed by atoms with Gasteiger partial charge in [0.1, 0.15) is 10.7 Å². The Morgan fingerprint density at radius 1 is 1.08 bits per heavy atom. The number of fused-ring (bicyclic) bond motifs is 1. The number of nitrogens with one attached hydrogen (secondary N) is 1. The number of benzene rings is 1. The van der Waals surface area contributed by atoms with Gasteiger partial charge in [0, 0.05) is 20.7 Å². The minimum atomic E-state index is -0.0953. The molecule has 0 aliphatic rings. The van der Waals surface area contributed by atoms with Crippen LogP contribution in [-0.2, 0) is 0 Å². The highest BCUT2D eigenvalue weighted by Gasteiger charge is 2.11. The van der Waals surface area contributed by atoms with Crippen molar-refractivity contribution in [1.82, 2.24) is 9.97 Å². The van der Waals surface area contributed by atoms with Crippen molar-refractivity contribution >= 4 is 45.0 Å². The normalized spacial score (nSPS) is 11.5. The van der Waals surface area contributed by atoms with Gasteiger partial charge in [0.15, 0.2) is 0 Å². The smallest absolute Gasteiger partial charge is 0.260 e. The van der Waals surface area contributed by atoms with E-state index >= 15 is 0 Å². The van der Waals surface area contributed by atoms with Gasteiger partial charge in [-0.05, 0) is 36.8 Å². The maximum absolute atomic E-state index is 12.6. The molecule has 3 heterocycles. The van der Waals surface area contributed by atoms with Crippen molar-refractivity contribution in [3.8, 4) is 11.1 Å². The fourth-order valence-corrected chi connectivity index (χ4v) is 4.31. The van der Waals surface area contributed by atoms with E-state index in [0.29, 0.717) is 11.2 Å². The zero-order valence-corrected chi connectivity index (χ0v) is 14.6. The lowest BCUT2D eigenvalue weighted by atomic mass is 10.1. The molecule has 5 heteroatoms. The number of nitrogens with zero attached hydrogens (tertiary/aromatic N) is 1. The van der Waals surface area contributed by atoms with Gasteiger partial charge in [-0.2, -0.15) is 0 Å². The fourth-order valence-electron chi connectivity index (χ4n) is 2.58. The summed E-state index contributed by atoms with van der Waals surface area (Å²) >= 11 is 3.21. The number of hydrogen-bond acceptors (Lipinski definition) is 4. The van der Waals surface area contributed by atoms with E-state index < -0.39 is 0 Å². The molecule has 0 radical (unpaired) electrons. The highest BCUT2D eigenvalue weighted by molar-refractivity contribution is 7.17. The van der Waals surface area contributed by atoms with Crippen molar-refractivity contribution in [3.05, 3.63) is 73.8 Å². The van der Waals surface area contributed by atoms with Crippen LogP contribution in [0.5, 0.6) is 0 Å². The average molecular weight is 350 g/mol. The summed E-state index contributed by atoms with van der Waals surface area (Å²) in [4.78, 5) is 23.2. The van der Waals surface area contributed by atoms with Crippen molar-refractivity contribution in [2.24, 2.45) is 0 Å². The summed E-state index contributed by atoms with van der Waals surface area (Å²) in [6, 6.07) is 14.1. The van der Waals surface area contributed by atoms with Crippen molar-refractivity contribution in [3.63, 3.8) is 0 Å². The van der Waals surface area contributed by atoms with Crippen molar-refractivity contribution in [2.45, 2.75) is 6.92 Å². The molecule has 3 nitrogen and oxygen atoms in total. The lowest BCUT2D eigenvalue weighted by Crippen LogP contribution is -2.09. The van der Waals surface area contributed by atoms with Gasteiger partial charge in [0.25, 0.3) is 5.56 Å². The van der Waals surface area contributed by atoms with Crippen LogP contribution in [0.2, 0.25) is 0 Å². The highest BCUT2D eigenvalue weighted by Crippen LogP contribution is 2.30. The fraction of sp³-hybridized carbons (Fsp3) is 0.0526. The summed E-state index contributed by atoms with van der Waals surface area (Å²) in [6.45, 7) is 2.07. The molecule has 0 aliphatic carbocycles. The largest absolute Gasteiger partial charge is 0.306 e. The van der Waals surface area contributed by atoms with Gasteiger partial charge in [-0.25, -0.2) is 4.98 Å². The van der Waals surface area contributed by atoms with E-state index in [1.165, 1.54) is 16.2 Å². The maximum atomic E-state index is 12.6. The number of aryl methyl sites for hydroxylation is 1. The van der Waals surface area contributed by atoms with Gasteiger partial charge >= 0.3 is 0 Å². The average Bonchev–Trinajstić information content (AvgIpc) is 3.20. The standard InChI is InChI=1S/C19H14N2OS2/c1-12-7-8-14(24-12)9-10-16-20-18(22)17-15(11-23-19(17)21-16)13-5-3-2-4-6-13/h2-11H,1H3,(H,20,21,22)/b10-9+. The van der Waals surface area contributed by atoms with Crippen LogP contribution >= 0.6 is 22.7 Å². The van der Waals surface area contributed by atoms with Crippen LogP contribution in [-0.4, -0.2) is 9.97 Å². The summed E-state index contributed by atoms with van der Waals surface area (Å²) < 4.78 is 0. The molecule has 3 aromatic heterocycles. The van der Waals surface area contributed by atoms with Gasteiger partial charge in [0.05, 0.1) is 5.39 Å². The Kier molecular flexibility index (Phi) is 3.88. The van der Waals surface area contributed by atoms with E-state index in [4.69, 9.17) is 0 Å². The maximum Gasteiger partial charge on any atom is 0.260 e. The number of rotatable bonds is 3. The van der Waals surface area contributed by atoms with Gasteiger partial charge in [0.2, 0.25) is 0 Å². The van der Waals surface area contributed by atoms with E-state index in [0.717, 1.165) is 20.8 Å². The number of hydrogen-bond donors (Lipinski definition) is 1. The van der Waals surface area contributed by atoms with Gasteiger partial charge < -0.3 is 4.98 Å². The second kappa shape index (κ2) is 6.19. The van der Waals surface area contributed by atoms with E-state index in [1.807, 2.05) is 47.9 Å². The summed E-state index contributed by atoms with van der Waals surface area (Å²) in [7, 11) is 0. The molecule has 24 heavy (non-hydrogen) atoms. The Morgan fingerprint density at radius 2 is 1.92 bits per heavy atom.